The van der Waals surface area contributed by atoms with E-state index in [0.717, 1.165) is 37.8 Å². The van der Waals surface area contributed by atoms with Gasteiger partial charge in [0, 0.05) is 5.56 Å². The van der Waals surface area contributed by atoms with E-state index in [4.69, 9.17) is 0 Å². The molecule has 0 spiro atoms. The van der Waals surface area contributed by atoms with Gasteiger partial charge in [0.2, 0.25) is 0 Å². The second kappa shape index (κ2) is 3.95. The van der Waals surface area contributed by atoms with Crippen LogP contribution in [-0.4, -0.2) is 5.11 Å². The third-order valence-electron chi connectivity index (χ3n) is 4.51. The van der Waals surface area contributed by atoms with E-state index in [2.05, 4.69) is 0 Å². The number of alkyl halides is 3. The van der Waals surface area contributed by atoms with Gasteiger partial charge in [-0.15, -0.1) is 0 Å². The summed E-state index contributed by atoms with van der Waals surface area (Å²) in [4.78, 5) is 0. The fourth-order valence-electron chi connectivity index (χ4n) is 3.50. The molecule has 0 amide bonds. The number of hydrogen-bond donors (Lipinski definition) is 1. The molecule has 1 N–H and O–H groups in total. The summed E-state index contributed by atoms with van der Waals surface area (Å²) in [5, 5.41) is 10.5. The molecule has 1 nitrogen and oxygen atoms in total. The minimum Gasteiger partial charge on any atom is -0.384 e. The highest BCUT2D eigenvalue weighted by atomic mass is 19.4. The van der Waals surface area contributed by atoms with Gasteiger partial charge in [0.1, 0.15) is 5.82 Å². The molecule has 0 bridgehead atoms. The Labute approximate surface area is 108 Å². The zero-order chi connectivity index (χ0) is 13.8. The lowest BCUT2D eigenvalue weighted by Crippen LogP contribution is -2.15. The highest BCUT2D eigenvalue weighted by Gasteiger charge is 2.65. The Kier molecular flexibility index (Phi) is 2.68. The lowest BCUT2D eigenvalue weighted by Gasteiger charge is -2.15. The van der Waals surface area contributed by atoms with Crippen LogP contribution in [-0.2, 0) is 11.8 Å². The van der Waals surface area contributed by atoms with Crippen LogP contribution in [0.5, 0.6) is 0 Å². The minimum atomic E-state index is -4.52. The summed E-state index contributed by atoms with van der Waals surface area (Å²) >= 11 is 0. The van der Waals surface area contributed by atoms with Crippen LogP contribution >= 0.6 is 0 Å². The van der Waals surface area contributed by atoms with Gasteiger partial charge >= 0.3 is 6.18 Å². The third kappa shape index (κ3) is 1.86. The Bertz CT molecular complexity index is 497. The van der Waals surface area contributed by atoms with Crippen LogP contribution in [0, 0.1) is 17.7 Å². The maximum Gasteiger partial charge on any atom is 0.416 e. The van der Waals surface area contributed by atoms with Crippen molar-refractivity contribution < 1.29 is 22.7 Å². The summed E-state index contributed by atoms with van der Waals surface area (Å²) in [7, 11) is 0. The SMILES string of the molecule is OC1(c2cc(C(F)(F)F)ccc2F)C2CCCCC21. The molecular weight excluding hydrogens is 260 g/mol. The minimum absolute atomic E-state index is 0.0840. The Hall–Kier alpha value is -1.10. The van der Waals surface area contributed by atoms with Crippen LogP contribution in [0.3, 0.4) is 0 Å². The van der Waals surface area contributed by atoms with E-state index in [1.807, 2.05) is 0 Å². The van der Waals surface area contributed by atoms with Crippen LogP contribution in [0.25, 0.3) is 0 Å². The van der Waals surface area contributed by atoms with Gasteiger partial charge in [0.15, 0.2) is 0 Å². The zero-order valence-corrected chi connectivity index (χ0v) is 10.2. The molecule has 0 heterocycles. The predicted octanol–water partition coefficient (Wildman–Crippen LogP) is 3.85. The van der Waals surface area contributed by atoms with Crippen molar-refractivity contribution in [1.82, 2.24) is 0 Å². The van der Waals surface area contributed by atoms with E-state index in [-0.39, 0.29) is 17.4 Å². The van der Waals surface area contributed by atoms with Gasteiger partial charge < -0.3 is 5.11 Å². The van der Waals surface area contributed by atoms with Crippen LogP contribution in [0.1, 0.15) is 36.8 Å². The van der Waals surface area contributed by atoms with E-state index in [0.29, 0.717) is 6.07 Å². The van der Waals surface area contributed by atoms with Crippen LogP contribution < -0.4 is 0 Å². The van der Waals surface area contributed by atoms with Crippen molar-refractivity contribution in [3.05, 3.63) is 35.1 Å². The first-order valence-electron chi connectivity index (χ1n) is 6.44. The number of rotatable bonds is 1. The van der Waals surface area contributed by atoms with E-state index in [1.54, 1.807) is 0 Å². The second-order valence-corrected chi connectivity index (χ2v) is 5.52. The summed E-state index contributed by atoms with van der Waals surface area (Å²) in [5.41, 5.74) is -2.47. The largest absolute Gasteiger partial charge is 0.416 e. The van der Waals surface area contributed by atoms with Crippen LogP contribution in [0.2, 0.25) is 0 Å². The predicted molar refractivity (Wildman–Crippen MR) is 60.7 cm³/mol. The van der Waals surface area contributed by atoms with Crippen molar-refractivity contribution in [3.63, 3.8) is 0 Å². The Morgan fingerprint density at radius 3 is 2.21 bits per heavy atom. The summed E-state index contributed by atoms with van der Waals surface area (Å²) in [6, 6.07) is 2.29. The van der Waals surface area contributed by atoms with Crippen molar-refractivity contribution in [2.45, 2.75) is 37.5 Å². The molecule has 2 aliphatic carbocycles. The van der Waals surface area contributed by atoms with Gasteiger partial charge in [-0.25, -0.2) is 4.39 Å². The van der Waals surface area contributed by atoms with Crippen LogP contribution in [0.4, 0.5) is 17.6 Å². The monoisotopic (exact) mass is 274 g/mol. The van der Waals surface area contributed by atoms with Gasteiger partial charge in [-0.1, -0.05) is 12.8 Å². The molecule has 0 saturated heterocycles. The summed E-state index contributed by atoms with van der Waals surface area (Å²) in [6.07, 6.45) is -1.10. The number of hydrogen-bond acceptors (Lipinski definition) is 1. The van der Waals surface area contributed by atoms with Crippen molar-refractivity contribution in [2.24, 2.45) is 11.8 Å². The molecule has 19 heavy (non-hydrogen) atoms. The fourth-order valence-corrected chi connectivity index (χ4v) is 3.50. The molecule has 1 aromatic carbocycles. The van der Waals surface area contributed by atoms with E-state index < -0.39 is 23.2 Å². The first-order chi connectivity index (χ1) is 8.85. The molecule has 2 unspecified atom stereocenters. The second-order valence-electron chi connectivity index (χ2n) is 5.52. The molecule has 1 aromatic rings. The van der Waals surface area contributed by atoms with Gasteiger partial charge in [0.25, 0.3) is 0 Å². The maximum atomic E-state index is 13.8. The van der Waals surface area contributed by atoms with Crippen molar-refractivity contribution >= 4 is 0 Å². The molecule has 2 atom stereocenters. The van der Waals surface area contributed by atoms with E-state index in [1.165, 1.54) is 0 Å². The lowest BCUT2D eigenvalue weighted by atomic mass is 10.00. The molecule has 5 heteroatoms. The molecule has 2 fully saturated rings. The summed E-state index contributed by atoms with van der Waals surface area (Å²) in [6.45, 7) is 0. The molecule has 0 aromatic heterocycles. The van der Waals surface area contributed by atoms with Gasteiger partial charge in [-0.2, -0.15) is 13.2 Å². The molecule has 3 rings (SSSR count). The normalized spacial score (nSPS) is 33.9. The molecule has 104 valence electrons. The van der Waals surface area contributed by atoms with Crippen molar-refractivity contribution in [1.29, 1.82) is 0 Å². The summed E-state index contributed by atoms with van der Waals surface area (Å²) < 4.78 is 51.8. The Morgan fingerprint density at radius 1 is 1.11 bits per heavy atom. The molecule has 0 radical (unpaired) electrons. The fraction of sp³-hybridized carbons (Fsp3) is 0.571. The average Bonchev–Trinajstić information content (AvgIpc) is 2.96. The van der Waals surface area contributed by atoms with Crippen molar-refractivity contribution in [2.75, 3.05) is 0 Å². The van der Waals surface area contributed by atoms with Gasteiger partial charge in [0.05, 0.1) is 11.2 Å². The first kappa shape index (κ1) is 12.9. The highest BCUT2D eigenvalue weighted by Crippen LogP contribution is 2.64. The molecule has 0 aliphatic heterocycles. The standard InChI is InChI=1S/C14H14F4O/c15-12-6-5-8(14(16,17)18)7-11(12)13(19)9-3-1-2-4-10(9)13/h5-7,9-10,19H,1-4H2. The van der Waals surface area contributed by atoms with Crippen LogP contribution in [0.15, 0.2) is 18.2 Å². The number of fused-ring (bicyclic) bond motifs is 1. The molecule has 2 aliphatic rings. The third-order valence-corrected chi connectivity index (χ3v) is 4.51. The highest BCUT2D eigenvalue weighted by molar-refractivity contribution is 5.38. The summed E-state index contributed by atoms with van der Waals surface area (Å²) in [5.74, 6) is -0.914. The quantitative estimate of drug-likeness (QED) is 0.771. The van der Waals surface area contributed by atoms with Crippen molar-refractivity contribution in [3.8, 4) is 0 Å². The Morgan fingerprint density at radius 2 is 1.68 bits per heavy atom. The smallest absolute Gasteiger partial charge is 0.384 e. The average molecular weight is 274 g/mol. The number of benzene rings is 1. The van der Waals surface area contributed by atoms with Gasteiger partial charge in [-0.05, 0) is 42.9 Å². The topological polar surface area (TPSA) is 20.2 Å². The van der Waals surface area contributed by atoms with Gasteiger partial charge in [-0.3, -0.25) is 0 Å². The Balaban J connectivity index is 2.01. The van der Waals surface area contributed by atoms with E-state index >= 15 is 0 Å². The maximum absolute atomic E-state index is 13.8. The first-order valence-corrected chi connectivity index (χ1v) is 6.44. The lowest BCUT2D eigenvalue weighted by molar-refractivity contribution is -0.137. The number of aliphatic hydroxyl groups is 1. The molecular formula is C14H14F4O. The number of halogens is 4. The molecule has 2 saturated carbocycles. The zero-order valence-electron chi connectivity index (χ0n) is 10.2. The van der Waals surface area contributed by atoms with E-state index in [9.17, 15) is 22.7 Å².